The van der Waals surface area contributed by atoms with E-state index in [2.05, 4.69) is 19.9 Å². The summed E-state index contributed by atoms with van der Waals surface area (Å²) < 4.78 is 5.50. The molecule has 2 aromatic heterocycles. The van der Waals surface area contributed by atoms with Gasteiger partial charge in [-0.05, 0) is 12.8 Å². The Morgan fingerprint density at radius 2 is 2.40 bits per heavy atom. The number of ether oxygens (including phenoxy) is 1. The summed E-state index contributed by atoms with van der Waals surface area (Å²) in [6, 6.07) is 0. The number of fused-ring (bicyclic) bond motifs is 1. The molecule has 1 unspecified atom stereocenters. The van der Waals surface area contributed by atoms with Crippen LogP contribution in [0.4, 0.5) is 5.82 Å². The number of anilines is 1. The summed E-state index contributed by atoms with van der Waals surface area (Å²) in [7, 11) is 0. The molecule has 78 valence electrons. The van der Waals surface area contributed by atoms with Gasteiger partial charge in [0.25, 0.3) is 0 Å². The molecule has 2 aromatic rings. The summed E-state index contributed by atoms with van der Waals surface area (Å²) in [5.74, 6) is 1.08. The molecule has 1 saturated heterocycles. The third-order valence-electron chi connectivity index (χ3n) is 2.55. The van der Waals surface area contributed by atoms with Gasteiger partial charge in [0.1, 0.15) is 11.6 Å². The number of hydrogen-bond acceptors (Lipinski definition) is 5. The van der Waals surface area contributed by atoms with Crippen molar-refractivity contribution >= 4 is 17.0 Å². The van der Waals surface area contributed by atoms with E-state index in [9.17, 15) is 0 Å². The Bertz CT molecular complexity index is 488. The number of nitrogen functional groups attached to an aromatic ring is 1. The first kappa shape index (κ1) is 8.60. The molecule has 1 fully saturated rings. The maximum Gasteiger partial charge on any atom is 0.183 e. The van der Waals surface area contributed by atoms with Crippen molar-refractivity contribution in [2.75, 3.05) is 12.3 Å². The van der Waals surface area contributed by atoms with Crippen molar-refractivity contribution in [3.8, 4) is 0 Å². The van der Waals surface area contributed by atoms with Crippen molar-refractivity contribution in [3.63, 3.8) is 0 Å². The Hall–Kier alpha value is -1.69. The highest BCUT2D eigenvalue weighted by Crippen LogP contribution is 2.27. The highest BCUT2D eigenvalue weighted by atomic mass is 16.5. The van der Waals surface area contributed by atoms with Crippen LogP contribution in [0.2, 0.25) is 0 Å². The summed E-state index contributed by atoms with van der Waals surface area (Å²) >= 11 is 0. The number of rotatable bonds is 1. The zero-order valence-electron chi connectivity index (χ0n) is 8.10. The SMILES string of the molecule is Nc1nc(C2CCCO2)nc2nc[nH]c12. The second-order valence-corrected chi connectivity index (χ2v) is 3.57. The number of H-pyrrole nitrogens is 1. The van der Waals surface area contributed by atoms with Crippen LogP contribution in [0.25, 0.3) is 11.2 Å². The van der Waals surface area contributed by atoms with Crippen molar-refractivity contribution < 1.29 is 4.74 Å². The average Bonchev–Trinajstić information content (AvgIpc) is 2.88. The van der Waals surface area contributed by atoms with Gasteiger partial charge in [-0.1, -0.05) is 0 Å². The van der Waals surface area contributed by atoms with Gasteiger partial charge in [0.05, 0.1) is 6.33 Å². The molecule has 0 aliphatic carbocycles. The van der Waals surface area contributed by atoms with Gasteiger partial charge in [-0.3, -0.25) is 0 Å². The molecule has 0 radical (unpaired) electrons. The summed E-state index contributed by atoms with van der Waals surface area (Å²) in [4.78, 5) is 15.5. The molecule has 3 heterocycles. The monoisotopic (exact) mass is 205 g/mol. The molecule has 1 atom stereocenters. The van der Waals surface area contributed by atoms with Crippen LogP contribution in [0, 0.1) is 0 Å². The number of nitrogens with two attached hydrogens (primary N) is 1. The van der Waals surface area contributed by atoms with E-state index in [1.54, 1.807) is 6.33 Å². The van der Waals surface area contributed by atoms with Gasteiger partial charge in [-0.2, -0.15) is 0 Å². The molecule has 1 aliphatic heterocycles. The Kier molecular flexibility index (Phi) is 1.81. The molecule has 15 heavy (non-hydrogen) atoms. The summed E-state index contributed by atoms with van der Waals surface area (Å²) in [5, 5.41) is 0. The molecule has 3 rings (SSSR count). The van der Waals surface area contributed by atoms with Crippen molar-refractivity contribution in [1.82, 2.24) is 19.9 Å². The number of aromatic nitrogens is 4. The van der Waals surface area contributed by atoms with E-state index in [0.29, 0.717) is 22.8 Å². The lowest BCUT2D eigenvalue weighted by atomic mass is 10.2. The quantitative estimate of drug-likeness (QED) is 0.718. The minimum atomic E-state index is -0.0200. The highest BCUT2D eigenvalue weighted by Gasteiger charge is 2.22. The first-order chi connectivity index (χ1) is 7.34. The summed E-state index contributed by atoms with van der Waals surface area (Å²) in [6.45, 7) is 0.770. The standard InChI is InChI=1S/C9H11N5O/c10-7-6-9(12-4-11-6)14-8(13-7)5-2-1-3-15-5/h4-5H,1-3H2,(H3,10,11,12,13,14). The van der Waals surface area contributed by atoms with E-state index in [-0.39, 0.29) is 6.10 Å². The summed E-state index contributed by atoms with van der Waals surface area (Å²) in [5.41, 5.74) is 7.09. The van der Waals surface area contributed by atoms with Gasteiger partial charge in [0.15, 0.2) is 17.3 Å². The zero-order valence-corrected chi connectivity index (χ0v) is 8.10. The maximum atomic E-state index is 5.79. The Labute approximate surface area is 85.9 Å². The second kappa shape index (κ2) is 3.16. The van der Waals surface area contributed by atoms with E-state index in [0.717, 1.165) is 19.4 Å². The first-order valence-corrected chi connectivity index (χ1v) is 4.92. The van der Waals surface area contributed by atoms with E-state index in [1.807, 2.05) is 0 Å². The van der Waals surface area contributed by atoms with E-state index in [1.165, 1.54) is 0 Å². The van der Waals surface area contributed by atoms with Crippen molar-refractivity contribution in [1.29, 1.82) is 0 Å². The number of nitrogens with one attached hydrogen (secondary N) is 1. The zero-order chi connectivity index (χ0) is 10.3. The lowest BCUT2D eigenvalue weighted by Gasteiger charge is -2.07. The van der Waals surface area contributed by atoms with Gasteiger partial charge in [-0.15, -0.1) is 0 Å². The molecule has 0 saturated carbocycles. The molecular formula is C9H11N5O. The highest BCUT2D eigenvalue weighted by molar-refractivity contribution is 5.80. The van der Waals surface area contributed by atoms with Crippen LogP contribution in [0.5, 0.6) is 0 Å². The average molecular weight is 205 g/mol. The molecule has 0 aromatic carbocycles. The molecule has 0 bridgehead atoms. The fraction of sp³-hybridized carbons (Fsp3) is 0.444. The Balaban J connectivity index is 2.11. The minimum absolute atomic E-state index is 0.0200. The van der Waals surface area contributed by atoms with Gasteiger partial charge >= 0.3 is 0 Å². The molecule has 3 N–H and O–H groups in total. The number of nitrogens with zero attached hydrogens (tertiary/aromatic N) is 3. The van der Waals surface area contributed by atoms with Crippen LogP contribution in [0.15, 0.2) is 6.33 Å². The van der Waals surface area contributed by atoms with Gasteiger partial charge in [0.2, 0.25) is 0 Å². The molecule has 6 nitrogen and oxygen atoms in total. The van der Waals surface area contributed by atoms with Crippen LogP contribution in [0.3, 0.4) is 0 Å². The lowest BCUT2D eigenvalue weighted by molar-refractivity contribution is 0.105. The van der Waals surface area contributed by atoms with E-state index in [4.69, 9.17) is 10.5 Å². The van der Waals surface area contributed by atoms with E-state index < -0.39 is 0 Å². The van der Waals surface area contributed by atoms with Crippen LogP contribution in [0.1, 0.15) is 24.8 Å². The maximum absolute atomic E-state index is 5.79. The van der Waals surface area contributed by atoms with Gasteiger partial charge in [0, 0.05) is 6.61 Å². The van der Waals surface area contributed by atoms with Gasteiger partial charge in [-0.25, -0.2) is 15.0 Å². The topological polar surface area (TPSA) is 89.7 Å². The molecule has 0 amide bonds. The van der Waals surface area contributed by atoms with E-state index >= 15 is 0 Å². The largest absolute Gasteiger partial charge is 0.382 e. The second-order valence-electron chi connectivity index (χ2n) is 3.57. The van der Waals surface area contributed by atoms with Crippen LogP contribution < -0.4 is 5.73 Å². The third-order valence-corrected chi connectivity index (χ3v) is 2.55. The molecular weight excluding hydrogens is 194 g/mol. The normalized spacial score (nSPS) is 21.2. The Morgan fingerprint density at radius 3 is 3.20 bits per heavy atom. The predicted octanol–water partition coefficient (Wildman–Crippen LogP) is 0.787. The van der Waals surface area contributed by atoms with Crippen LogP contribution in [-0.4, -0.2) is 26.5 Å². The van der Waals surface area contributed by atoms with Crippen LogP contribution >= 0.6 is 0 Å². The van der Waals surface area contributed by atoms with Crippen LogP contribution in [-0.2, 0) is 4.74 Å². The Morgan fingerprint density at radius 1 is 1.47 bits per heavy atom. The number of aromatic amines is 1. The fourth-order valence-electron chi connectivity index (χ4n) is 1.80. The predicted molar refractivity (Wildman–Crippen MR) is 54.0 cm³/mol. The first-order valence-electron chi connectivity index (χ1n) is 4.92. The molecule has 1 aliphatic rings. The van der Waals surface area contributed by atoms with Crippen molar-refractivity contribution in [2.45, 2.75) is 18.9 Å². The minimum Gasteiger partial charge on any atom is -0.382 e. The van der Waals surface area contributed by atoms with Gasteiger partial charge < -0.3 is 15.5 Å². The smallest absolute Gasteiger partial charge is 0.183 e. The summed E-state index contributed by atoms with van der Waals surface area (Å²) in [6.07, 6.45) is 3.55. The fourth-order valence-corrected chi connectivity index (χ4v) is 1.80. The number of hydrogen-bond donors (Lipinski definition) is 2. The van der Waals surface area contributed by atoms with Crippen molar-refractivity contribution in [3.05, 3.63) is 12.2 Å². The number of imidazole rings is 1. The molecule has 6 heteroatoms. The lowest BCUT2D eigenvalue weighted by Crippen LogP contribution is -2.06. The third kappa shape index (κ3) is 1.33. The van der Waals surface area contributed by atoms with Crippen molar-refractivity contribution in [2.24, 2.45) is 0 Å². The molecule has 0 spiro atoms.